The number of carbonyl (C=O) groups is 1. The van der Waals surface area contributed by atoms with Crippen molar-refractivity contribution in [3.8, 4) is 0 Å². The predicted molar refractivity (Wildman–Crippen MR) is 54.2 cm³/mol. The zero-order valence-corrected chi connectivity index (χ0v) is 9.10. The Morgan fingerprint density at radius 3 is 2.31 bits per heavy atom. The van der Waals surface area contributed by atoms with Crippen LogP contribution >= 0.6 is 11.6 Å². The van der Waals surface area contributed by atoms with E-state index in [2.05, 4.69) is 4.99 Å². The zero-order chi connectivity index (χ0) is 10.4. The number of allylic oxidation sites excluding steroid dienone is 1. The molecule has 0 fully saturated rings. The van der Waals surface area contributed by atoms with Gasteiger partial charge in [0.2, 0.25) is 0 Å². The minimum atomic E-state index is -0.346. The van der Waals surface area contributed by atoms with Crippen molar-refractivity contribution in [1.82, 2.24) is 0 Å². The molecule has 0 saturated carbocycles. The van der Waals surface area contributed by atoms with Gasteiger partial charge in [-0.1, -0.05) is 11.6 Å². The van der Waals surface area contributed by atoms with Crippen LogP contribution in [-0.4, -0.2) is 24.8 Å². The second-order valence-electron chi connectivity index (χ2n) is 2.48. The second-order valence-corrected chi connectivity index (χ2v) is 2.84. The molecular weight excluding hydrogens is 190 g/mol. The van der Waals surface area contributed by atoms with Gasteiger partial charge in [0.1, 0.15) is 5.17 Å². The summed E-state index contributed by atoms with van der Waals surface area (Å²) in [4.78, 5) is 15.0. The molecule has 0 amide bonds. The van der Waals surface area contributed by atoms with Gasteiger partial charge in [-0.3, -0.25) is 4.99 Å². The molecule has 0 atom stereocenters. The fourth-order valence-corrected chi connectivity index (χ4v) is 0.857. The van der Waals surface area contributed by atoms with E-state index in [1.165, 1.54) is 0 Å². The number of aliphatic imine (C=N–C) groups is 1. The predicted octanol–water partition coefficient (Wildman–Crippen LogP) is 2.15. The van der Waals surface area contributed by atoms with Crippen molar-refractivity contribution in [3.63, 3.8) is 0 Å². The van der Waals surface area contributed by atoms with E-state index in [1.807, 2.05) is 0 Å². The fraction of sp³-hybridized carbons (Fsp3) is 0.556. The summed E-state index contributed by atoms with van der Waals surface area (Å²) in [6.45, 7) is 5.53. The first-order chi connectivity index (χ1) is 6.04. The van der Waals surface area contributed by atoms with Crippen molar-refractivity contribution in [3.05, 3.63) is 11.1 Å². The molecule has 0 rings (SSSR count). The summed E-state index contributed by atoms with van der Waals surface area (Å²) in [5.41, 5.74) is 1.15. The average Bonchev–Trinajstić information content (AvgIpc) is 2.14. The minimum Gasteiger partial charge on any atom is -0.463 e. The normalized spacial score (nSPS) is 13.8. The average molecular weight is 204 g/mol. The van der Waals surface area contributed by atoms with E-state index in [1.54, 1.807) is 27.8 Å². The smallest absolute Gasteiger partial charge is 0.334 e. The van der Waals surface area contributed by atoms with Gasteiger partial charge in [-0.15, -0.1) is 0 Å². The topological polar surface area (TPSA) is 38.7 Å². The molecule has 0 aliphatic heterocycles. The highest BCUT2D eigenvalue weighted by Crippen LogP contribution is 2.10. The summed E-state index contributed by atoms with van der Waals surface area (Å²) < 4.78 is 4.81. The largest absolute Gasteiger partial charge is 0.463 e. The molecule has 0 aromatic heterocycles. The van der Waals surface area contributed by atoms with E-state index in [-0.39, 0.29) is 5.97 Å². The lowest BCUT2D eigenvalue weighted by Gasteiger charge is -2.04. The van der Waals surface area contributed by atoms with Crippen LogP contribution in [0.3, 0.4) is 0 Å². The maximum atomic E-state index is 11.2. The monoisotopic (exact) mass is 203 g/mol. The van der Waals surface area contributed by atoms with Gasteiger partial charge < -0.3 is 4.74 Å². The Bertz CT molecular complexity index is 256. The van der Waals surface area contributed by atoms with E-state index in [0.717, 1.165) is 0 Å². The maximum Gasteiger partial charge on any atom is 0.334 e. The van der Waals surface area contributed by atoms with Crippen molar-refractivity contribution in [1.29, 1.82) is 0 Å². The number of esters is 1. The van der Waals surface area contributed by atoms with Gasteiger partial charge in [-0.2, -0.15) is 0 Å². The van der Waals surface area contributed by atoms with Gasteiger partial charge in [-0.05, 0) is 26.3 Å². The third-order valence-electron chi connectivity index (χ3n) is 1.65. The quantitative estimate of drug-likeness (QED) is 0.401. The summed E-state index contributed by atoms with van der Waals surface area (Å²) in [7, 11) is 1.57. The van der Waals surface area contributed by atoms with E-state index in [0.29, 0.717) is 22.9 Å². The number of hydrogen-bond donors (Lipinski definition) is 0. The van der Waals surface area contributed by atoms with Gasteiger partial charge in [0.15, 0.2) is 0 Å². The molecule has 0 bridgehead atoms. The Balaban J connectivity index is 4.71. The third kappa shape index (κ3) is 3.59. The Kier molecular flexibility index (Phi) is 5.39. The fourth-order valence-electron chi connectivity index (χ4n) is 0.715. The number of nitrogens with zero attached hydrogens (tertiary/aromatic N) is 1. The number of carbonyl (C=O) groups excluding carboxylic acids is 1. The third-order valence-corrected chi connectivity index (χ3v) is 2.10. The molecule has 0 spiro atoms. The van der Waals surface area contributed by atoms with Gasteiger partial charge >= 0.3 is 5.97 Å². The van der Waals surface area contributed by atoms with E-state index in [9.17, 15) is 4.79 Å². The number of hydrogen-bond acceptors (Lipinski definition) is 3. The van der Waals surface area contributed by atoms with Crippen LogP contribution in [0.15, 0.2) is 16.1 Å². The SMILES string of the molecule is CCOC(=O)/C(C)=C(C)\C(Cl)=N/C. The summed E-state index contributed by atoms with van der Waals surface area (Å²) in [5.74, 6) is -0.346. The van der Waals surface area contributed by atoms with Crippen molar-refractivity contribution >= 4 is 22.7 Å². The lowest BCUT2D eigenvalue weighted by atomic mass is 10.2. The number of ether oxygens (including phenoxy) is 1. The molecule has 0 radical (unpaired) electrons. The zero-order valence-electron chi connectivity index (χ0n) is 8.35. The van der Waals surface area contributed by atoms with E-state index < -0.39 is 0 Å². The molecule has 0 aromatic carbocycles. The van der Waals surface area contributed by atoms with Crippen molar-refractivity contribution in [2.24, 2.45) is 4.99 Å². The number of rotatable bonds is 3. The van der Waals surface area contributed by atoms with Crippen LogP contribution in [0, 0.1) is 0 Å². The highest BCUT2D eigenvalue weighted by molar-refractivity contribution is 6.69. The molecule has 0 heterocycles. The van der Waals surface area contributed by atoms with Crippen LogP contribution in [0.25, 0.3) is 0 Å². The first-order valence-corrected chi connectivity index (χ1v) is 4.39. The highest BCUT2D eigenvalue weighted by atomic mass is 35.5. The summed E-state index contributed by atoms with van der Waals surface area (Å²) in [6, 6.07) is 0. The lowest BCUT2D eigenvalue weighted by Crippen LogP contribution is -2.09. The molecule has 74 valence electrons. The van der Waals surface area contributed by atoms with Crippen LogP contribution in [-0.2, 0) is 9.53 Å². The highest BCUT2D eigenvalue weighted by Gasteiger charge is 2.10. The Morgan fingerprint density at radius 1 is 1.38 bits per heavy atom. The van der Waals surface area contributed by atoms with Crippen molar-refractivity contribution in [2.75, 3.05) is 13.7 Å². The van der Waals surface area contributed by atoms with Crippen LogP contribution in [0.4, 0.5) is 0 Å². The molecule has 0 N–H and O–H groups in total. The molecule has 0 aliphatic rings. The first-order valence-electron chi connectivity index (χ1n) is 4.01. The van der Waals surface area contributed by atoms with Crippen LogP contribution < -0.4 is 0 Å². The first kappa shape index (κ1) is 12.2. The second kappa shape index (κ2) is 5.75. The van der Waals surface area contributed by atoms with Gasteiger partial charge in [0, 0.05) is 12.6 Å². The molecule has 0 aliphatic carbocycles. The summed E-state index contributed by atoms with van der Waals surface area (Å²) in [5, 5.41) is 0.338. The number of halogens is 1. The molecule has 0 aromatic rings. The molecule has 3 nitrogen and oxygen atoms in total. The van der Waals surface area contributed by atoms with Crippen LogP contribution in [0.1, 0.15) is 20.8 Å². The Labute approximate surface area is 83.4 Å². The van der Waals surface area contributed by atoms with Crippen LogP contribution in [0.2, 0.25) is 0 Å². The van der Waals surface area contributed by atoms with E-state index >= 15 is 0 Å². The van der Waals surface area contributed by atoms with Gasteiger partial charge in [-0.25, -0.2) is 4.79 Å². The molecular formula is C9H14ClNO2. The molecule has 0 saturated heterocycles. The van der Waals surface area contributed by atoms with Crippen molar-refractivity contribution in [2.45, 2.75) is 20.8 Å². The van der Waals surface area contributed by atoms with Crippen molar-refractivity contribution < 1.29 is 9.53 Å². The maximum absolute atomic E-state index is 11.2. The molecule has 0 unspecified atom stereocenters. The van der Waals surface area contributed by atoms with Crippen LogP contribution in [0.5, 0.6) is 0 Å². The van der Waals surface area contributed by atoms with Gasteiger partial charge in [0.25, 0.3) is 0 Å². The minimum absolute atomic E-state index is 0.338. The van der Waals surface area contributed by atoms with Gasteiger partial charge in [0.05, 0.1) is 6.61 Å². The Hall–Kier alpha value is -0.830. The summed E-state index contributed by atoms with van der Waals surface area (Å²) in [6.07, 6.45) is 0. The standard InChI is InChI=1S/C9H14ClNO2/c1-5-13-9(12)7(3)6(2)8(10)11-4/h5H2,1-4H3/b7-6-,11-8+. The molecule has 13 heavy (non-hydrogen) atoms. The Morgan fingerprint density at radius 2 is 1.92 bits per heavy atom. The van der Waals surface area contributed by atoms with E-state index in [4.69, 9.17) is 16.3 Å². The molecule has 4 heteroatoms. The summed E-state index contributed by atoms with van der Waals surface area (Å²) >= 11 is 5.74. The lowest BCUT2D eigenvalue weighted by molar-refractivity contribution is -0.138.